The quantitative estimate of drug-likeness (QED) is 0.136. The van der Waals surface area contributed by atoms with E-state index >= 15 is 0 Å². The Morgan fingerprint density at radius 1 is 0.979 bits per heavy atom. The van der Waals surface area contributed by atoms with Crippen LogP contribution in [-0.2, 0) is 36.3 Å². The number of halogens is 6. The molecule has 0 spiro atoms. The second-order valence-electron chi connectivity index (χ2n) is 10.4. The van der Waals surface area contributed by atoms with Crippen molar-refractivity contribution in [2.45, 2.75) is 24.7 Å². The van der Waals surface area contributed by atoms with Gasteiger partial charge >= 0.3 is 21.8 Å². The predicted molar refractivity (Wildman–Crippen MR) is 152 cm³/mol. The monoisotopic (exact) mass is 681 g/mol. The predicted octanol–water partition coefficient (Wildman–Crippen LogP) is 4.73. The minimum atomic E-state index is -6.11. The van der Waals surface area contributed by atoms with Gasteiger partial charge in [0.05, 0.1) is 19.0 Å². The minimum Gasteiger partial charge on any atom is -0.493 e. The van der Waals surface area contributed by atoms with Gasteiger partial charge in [-0.1, -0.05) is 0 Å². The maximum Gasteiger partial charge on any atom is 0.534 e. The van der Waals surface area contributed by atoms with Crippen LogP contribution in [0, 0.1) is 0 Å². The number of amides is 1. The highest BCUT2D eigenvalue weighted by Crippen LogP contribution is 2.42. The molecule has 0 saturated carbocycles. The largest absolute Gasteiger partial charge is 0.534 e. The summed E-state index contributed by atoms with van der Waals surface area (Å²) in [5.41, 5.74) is -6.04. The van der Waals surface area contributed by atoms with Crippen molar-refractivity contribution in [3.8, 4) is 22.6 Å². The molecule has 3 aromatic heterocycles. The molecule has 1 amide bonds. The highest BCUT2D eigenvalue weighted by molar-refractivity contribution is 7.88. The lowest BCUT2D eigenvalue weighted by molar-refractivity contribution is -0.141. The number of benzene rings is 2. The van der Waals surface area contributed by atoms with Crippen molar-refractivity contribution in [1.29, 1.82) is 0 Å². The third-order valence-corrected chi connectivity index (χ3v) is 8.29. The number of fused-ring (bicyclic) bond motifs is 2. The first-order chi connectivity index (χ1) is 22.1. The molecule has 5 aromatic rings. The number of aryl methyl sites for hydroxylation is 1. The molecule has 0 bridgehead atoms. The Morgan fingerprint density at radius 2 is 1.72 bits per heavy atom. The Bertz CT molecular complexity index is 2130. The third kappa shape index (κ3) is 5.81. The van der Waals surface area contributed by atoms with Gasteiger partial charge < -0.3 is 13.5 Å². The number of aromatic nitrogens is 6. The SMILES string of the molecule is COc1cc2ncnc(N3CCc4c(cc(Cn5ccnc5)cc4-c4cn(C)nc4C(F)(F)F)C3=O)c2cc1OS(=O)(=O)C(F)(F)F. The molecule has 246 valence electrons. The summed E-state index contributed by atoms with van der Waals surface area (Å²) in [7, 11) is -3.68. The van der Waals surface area contributed by atoms with E-state index in [4.69, 9.17) is 4.74 Å². The van der Waals surface area contributed by atoms with Crippen LogP contribution in [0.3, 0.4) is 0 Å². The van der Waals surface area contributed by atoms with E-state index in [0.29, 0.717) is 11.1 Å². The minimum absolute atomic E-state index is 0.0431. The molecule has 1 aliphatic heterocycles. The van der Waals surface area contributed by atoms with E-state index in [1.807, 2.05) is 0 Å². The lowest BCUT2D eigenvalue weighted by Crippen LogP contribution is -2.38. The van der Waals surface area contributed by atoms with Gasteiger partial charge in [-0.25, -0.2) is 15.0 Å². The van der Waals surface area contributed by atoms with Gasteiger partial charge in [0.1, 0.15) is 12.1 Å². The van der Waals surface area contributed by atoms with Crippen molar-refractivity contribution < 1.29 is 48.5 Å². The van der Waals surface area contributed by atoms with E-state index < -0.39 is 44.9 Å². The van der Waals surface area contributed by atoms with Crippen LogP contribution in [0.5, 0.6) is 11.5 Å². The number of rotatable bonds is 7. The van der Waals surface area contributed by atoms with E-state index in [1.54, 1.807) is 16.8 Å². The molecule has 0 unspecified atom stereocenters. The average Bonchev–Trinajstić information content (AvgIpc) is 3.65. The Morgan fingerprint density at radius 3 is 2.38 bits per heavy atom. The van der Waals surface area contributed by atoms with Crippen LogP contribution in [0.2, 0.25) is 0 Å². The van der Waals surface area contributed by atoms with E-state index in [-0.39, 0.29) is 52.9 Å². The van der Waals surface area contributed by atoms with Gasteiger partial charge in [-0.2, -0.15) is 39.9 Å². The molecule has 19 heteroatoms. The molecule has 2 aromatic carbocycles. The number of alkyl halides is 6. The van der Waals surface area contributed by atoms with E-state index in [1.165, 1.54) is 36.7 Å². The fraction of sp³-hybridized carbons (Fsp3) is 0.250. The van der Waals surface area contributed by atoms with Gasteiger partial charge in [-0.3, -0.25) is 14.4 Å². The Labute approximate surface area is 261 Å². The second-order valence-corrected chi connectivity index (χ2v) is 11.9. The number of carbonyl (C=O) groups excluding carboxylic acids is 1. The third-order valence-electron chi connectivity index (χ3n) is 7.32. The Kier molecular flexibility index (Phi) is 7.60. The first-order valence-corrected chi connectivity index (χ1v) is 14.9. The van der Waals surface area contributed by atoms with Crippen molar-refractivity contribution in [2.75, 3.05) is 18.6 Å². The Balaban J connectivity index is 1.49. The molecule has 6 rings (SSSR count). The summed E-state index contributed by atoms with van der Waals surface area (Å²) in [5, 5.41) is 3.56. The standard InChI is InChI=1S/C28H21F6N7O5S/c1-39-12-20(24(38-39)27(29,30)31)17-7-15(11-40-6-4-35-14-40)8-18-16(17)3-5-41(26(18)42)25-19-9-23(46-47(43,44)28(32,33)34)22(45-2)10-21(19)36-13-37-25/h4,6-10,12-14H,3,5,11H2,1-2H3. The number of anilines is 1. The summed E-state index contributed by atoms with van der Waals surface area (Å²) >= 11 is 0. The summed E-state index contributed by atoms with van der Waals surface area (Å²) in [4.78, 5) is 27.5. The van der Waals surface area contributed by atoms with Gasteiger partial charge in [-0.15, -0.1) is 0 Å². The highest BCUT2D eigenvalue weighted by atomic mass is 32.2. The summed E-state index contributed by atoms with van der Waals surface area (Å²) in [6.07, 6.45) is 2.20. The average molecular weight is 682 g/mol. The number of hydrogen-bond acceptors (Lipinski definition) is 9. The van der Waals surface area contributed by atoms with Crippen LogP contribution in [0.1, 0.15) is 27.2 Å². The molecule has 1 aliphatic rings. The zero-order valence-electron chi connectivity index (χ0n) is 24.2. The molecule has 12 nitrogen and oxygen atoms in total. The van der Waals surface area contributed by atoms with Crippen LogP contribution >= 0.6 is 0 Å². The van der Waals surface area contributed by atoms with Crippen LogP contribution in [0.25, 0.3) is 22.0 Å². The van der Waals surface area contributed by atoms with Crippen LogP contribution in [0.15, 0.2) is 55.5 Å². The number of nitrogens with zero attached hydrogens (tertiary/aromatic N) is 7. The van der Waals surface area contributed by atoms with Crippen LogP contribution in [0.4, 0.5) is 32.2 Å². The molecule has 4 heterocycles. The summed E-state index contributed by atoms with van der Waals surface area (Å²) in [6.45, 7) is 0.0380. The van der Waals surface area contributed by atoms with Gasteiger partial charge in [0, 0.05) is 61.3 Å². The first kappa shape index (κ1) is 31.8. The number of carbonyl (C=O) groups is 1. The second kappa shape index (κ2) is 11.2. The van der Waals surface area contributed by atoms with Crippen molar-refractivity contribution in [3.05, 3.63) is 77.9 Å². The van der Waals surface area contributed by atoms with E-state index in [2.05, 4.69) is 24.2 Å². The normalized spacial score (nSPS) is 14.0. The molecule has 0 N–H and O–H groups in total. The van der Waals surface area contributed by atoms with Crippen LogP contribution in [-0.4, -0.2) is 62.8 Å². The maximum absolute atomic E-state index is 14.2. The first-order valence-electron chi connectivity index (χ1n) is 13.5. The van der Waals surface area contributed by atoms with Gasteiger partial charge in [0.15, 0.2) is 17.2 Å². The van der Waals surface area contributed by atoms with Gasteiger partial charge in [0.25, 0.3) is 5.91 Å². The van der Waals surface area contributed by atoms with Crippen molar-refractivity contribution in [3.63, 3.8) is 0 Å². The van der Waals surface area contributed by atoms with Crippen LogP contribution < -0.4 is 13.8 Å². The highest BCUT2D eigenvalue weighted by Gasteiger charge is 2.49. The smallest absolute Gasteiger partial charge is 0.493 e. The summed E-state index contributed by atoms with van der Waals surface area (Å²) in [5.74, 6) is -2.02. The zero-order chi connectivity index (χ0) is 33.9. The summed E-state index contributed by atoms with van der Waals surface area (Å²) in [6, 6.07) is 5.12. The molecule has 47 heavy (non-hydrogen) atoms. The van der Waals surface area contributed by atoms with E-state index in [9.17, 15) is 39.6 Å². The molecular formula is C28H21F6N7O5S. The number of methoxy groups -OCH3 is 1. The van der Waals surface area contributed by atoms with Crippen molar-refractivity contribution in [1.82, 2.24) is 29.3 Å². The lowest BCUT2D eigenvalue weighted by atomic mass is 9.88. The molecule has 0 radical (unpaired) electrons. The van der Waals surface area contributed by atoms with Gasteiger partial charge in [-0.05, 0) is 41.3 Å². The fourth-order valence-electron chi connectivity index (χ4n) is 5.34. The number of hydrogen-bond donors (Lipinski definition) is 0. The fourth-order valence-corrected chi connectivity index (χ4v) is 5.80. The zero-order valence-corrected chi connectivity index (χ0v) is 25.0. The topological polar surface area (TPSA) is 134 Å². The molecule has 0 aliphatic carbocycles. The molecule has 0 fully saturated rings. The molecule has 0 atom stereocenters. The van der Waals surface area contributed by atoms with Crippen molar-refractivity contribution >= 4 is 32.7 Å². The lowest BCUT2D eigenvalue weighted by Gasteiger charge is -2.30. The number of imidazole rings is 1. The maximum atomic E-state index is 14.2. The molecule has 0 saturated heterocycles. The van der Waals surface area contributed by atoms with Gasteiger partial charge in [0.2, 0.25) is 0 Å². The van der Waals surface area contributed by atoms with Crippen molar-refractivity contribution in [2.24, 2.45) is 7.05 Å². The summed E-state index contributed by atoms with van der Waals surface area (Å²) < 4.78 is 117. The number of ether oxygens (including phenoxy) is 1. The molecular weight excluding hydrogens is 660 g/mol. The van der Waals surface area contributed by atoms with E-state index in [0.717, 1.165) is 30.3 Å². The Hall–Kier alpha value is -5.20.